The van der Waals surface area contributed by atoms with Crippen LogP contribution in [-0.2, 0) is 0 Å². The molecule has 0 fully saturated rings. The first-order valence-corrected chi connectivity index (χ1v) is 12.7. The number of para-hydroxylation sites is 1. The van der Waals surface area contributed by atoms with Crippen molar-refractivity contribution < 1.29 is 40.1 Å². The molecular formula is C42H26O. The fraction of sp³-hybridized carbons (Fsp3) is 0. The highest BCUT2D eigenvalue weighted by molar-refractivity contribution is 6.23. The van der Waals surface area contributed by atoms with Gasteiger partial charge in [0.25, 0.3) is 0 Å². The smallest absolute Gasteiger partial charge is 0.135 e. The highest BCUT2D eigenvalue weighted by Gasteiger charge is 2.19. The lowest BCUT2D eigenvalue weighted by molar-refractivity contribution is 0.669. The van der Waals surface area contributed by atoms with Gasteiger partial charge in [-0.25, -0.2) is 0 Å². The van der Waals surface area contributed by atoms with Gasteiger partial charge in [-0.2, -0.15) is 0 Å². The molecule has 0 aliphatic carbocycles. The predicted molar refractivity (Wildman–Crippen MR) is 183 cm³/mol. The zero-order valence-corrected chi connectivity index (χ0v) is 21.4. The maximum absolute atomic E-state index is 10.1. The molecule has 0 atom stereocenters. The van der Waals surface area contributed by atoms with E-state index >= 15 is 0 Å². The Kier molecular flexibility index (Phi) is 2.13. The SMILES string of the molecule is [2H]c1c([2H])c([2H])c(-c2c3c([2H])c([2H])c([2H])c([2H])c3c(-c3c([2H])c([2H])c4oc5c([2H])c([2H])c([2H])c([2H])c5c4c3[2H])c3c([2H])c([2H])c(-c4c([2H])c([2H])c([2H])c5c([2H])c([2H])c([2H])c([2H])c45)c([2H])c23)c([2H])c1[2H]. The lowest BCUT2D eigenvalue weighted by Crippen LogP contribution is -1.92. The molecule has 1 heterocycles. The van der Waals surface area contributed by atoms with E-state index in [4.69, 9.17) is 30.5 Å². The van der Waals surface area contributed by atoms with Crippen molar-refractivity contribution in [3.8, 4) is 33.4 Å². The first-order chi connectivity index (χ1) is 32.2. The molecule has 0 N–H and O–H groups in total. The molecule has 9 rings (SSSR count). The van der Waals surface area contributed by atoms with Gasteiger partial charge in [-0.05, 0) is 89.9 Å². The molecule has 9 aromatic rings. The van der Waals surface area contributed by atoms with E-state index in [0.29, 0.717) is 0 Å². The van der Waals surface area contributed by atoms with Gasteiger partial charge in [-0.1, -0.05) is 133 Å². The molecular weight excluding hydrogens is 520 g/mol. The molecule has 1 aromatic heterocycles. The second kappa shape index (κ2) is 9.44. The molecule has 0 unspecified atom stereocenters. The summed E-state index contributed by atoms with van der Waals surface area (Å²) >= 11 is 0. The Labute approximate surface area is 285 Å². The van der Waals surface area contributed by atoms with E-state index < -0.39 is 245 Å². The molecule has 0 spiro atoms. The fourth-order valence-corrected chi connectivity index (χ4v) is 5.15. The van der Waals surface area contributed by atoms with Gasteiger partial charge < -0.3 is 4.42 Å². The van der Waals surface area contributed by atoms with Crippen molar-refractivity contribution in [1.82, 2.24) is 0 Å². The number of furan rings is 1. The second-order valence-electron chi connectivity index (χ2n) is 9.26. The summed E-state index contributed by atoms with van der Waals surface area (Å²) in [7, 11) is 0. The molecule has 0 saturated carbocycles. The Balaban J connectivity index is 1.69. The van der Waals surface area contributed by atoms with Crippen molar-refractivity contribution in [2.45, 2.75) is 0 Å². The Morgan fingerprint density at radius 3 is 1.77 bits per heavy atom. The van der Waals surface area contributed by atoms with Gasteiger partial charge >= 0.3 is 0 Å². The zero-order valence-electron chi connectivity index (χ0n) is 47.4. The summed E-state index contributed by atoms with van der Waals surface area (Å²) in [5.41, 5.74) is -5.82. The van der Waals surface area contributed by atoms with Crippen LogP contribution < -0.4 is 0 Å². The third kappa shape index (κ3) is 3.72. The molecule has 0 bridgehead atoms. The van der Waals surface area contributed by atoms with Crippen molar-refractivity contribution in [3.05, 3.63) is 157 Å². The summed E-state index contributed by atoms with van der Waals surface area (Å²) in [6, 6.07) is -24.0. The molecule has 8 aromatic carbocycles. The number of fused-ring (bicyclic) bond motifs is 6. The maximum atomic E-state index is 10.1. The average molecular weight is 573 g/mol. The summed E-state index contributed by atoms with van der Waals surface area (Å²) in [6.07, 6.45) is 0. The van der Waals surface area contributed by atoms with Crippen LogP contribution in [0, 0.1) is 0 Å². The van der Waals surface area contributed by atoms with Crippen LogP contribution in [0.4, 0.5) is 0 Å². The van der Waals surface area contributed by atoms with Crippen LogP contribution in [0.25, 0.3) is 87.6 Å². The largest absolute Gasteiger partial charge is 0.456 e. The molecule has 0 saturated heterocycles. The number of rotatable bonds is 3. The molecule has 1 nitrogen and oxygen atoms in total. The number of benzene rings is 8. The van der Waals surface area contributed by atoms with Crippen molar-refractivity contribution in [2.75, 3.05) is 0 Å². The van der Waals surface area contributed by atoms with Crippen LogP contribution in [0.5, 0.6) is 0 Å². The minimum absolute atomic E-state index is 0.443. The van der Waals surface area contributed by atoms with Gasteiger partial charge in [0.15, 0.2) is 0 Å². The lowest BCUT2D eigenvalue weighted by Gasteiger charge is -2.19. The zero-order chi connectivity index (χ0) is 51.0. The fourth-order valence-electron chi connectivity index (χ4n) is 5.15. The van der Waals surface area contributed by atoms with Crippen LogP contribution in [0.3, 0.4) is 0 Å². The normalized spacial score (nSPS) is 20.2. The van der Waals surface area contributed by atoms with Crippen LogP contribution in [0.2, 0.25) is 0 Å². The van der Waals surface area contributed by atoms with Crippen LogP contribution in [-0.4, -0.2) is 0 Å². The predicted octanol–water partition coefficient (Wildman–Crippen LogP) is 12.0. The Bertz CT molecular complexity index is 3930. The minimum atomic E-state index is -1.08. The molecule has 0 aliphatic heterocycles. The monoisotopic (exact) mass is 572 g/mol. The van der Waals surface area contributed by atoms with Crippen LogP contribution >= 0.6 is 0 Å². The van der Waals surface area contributed by atoms with Gasteiger partial charge in [0, 0.05) is 10.8 Å². The standard InChI is InChI=1S/C42H26O/c1-2-12-28(13-3-1)41-34-17-6-7-18-35(34)42(30-22-24-40-37(26-30)33-16-8-9-20-39(33)43-40)36-23-21-29(25-38(36)41)32-19-10-14-27-11-4-5-15-31(27)32/h1-26H/i1D,2D,3D,4D,5D,6D,7D,8D,9D,10D,11D,12D,13D,14D,15D,16D,17D,18D,19D,20D,21D,22D,23D,24D,25D,26D. The number of hydrogen-bond acceptors (Lipinski definition) is 1. The third-order valence-corrected chi connectivity index (χ3v) is 6.95. The highest BCUT2D eigenvalue weighted by Crippen LogP contribution is 2.46. The average Bonchev–Trinajstić information content (AvgIpc) is 3.73. The highest BCUT2D eigenvalue weighted by atomic mass is 16.3. The van der Waals surface area contributed by atoms with Crippen LogP contribution in [0.15, 0.2) is 162 Å². The van der Waals surface area contributed by atoms with E-state index in [1.807, 2.05) is 0 Å². The summed E-state index contributed by atoms with van der Waals surface area (Å²) < 4.78 is 239. The lowest BCUT2D eigenvalue weighted by atomic mass is 9.84. The Morgan fingerprint density at radius 2 is 0.930 bits per heavy atom. The summed E-state index contributed by atoms with van der Waals surface area (Å²) in [5, 5.41) is -5.25. The van der Waals surface area contributed by atoms with Crippen molar-refractivity contribution >= 4 is 54.3 Å². The Hall–Kier alpha value is -5.66. The molecule has 0 radical (unpaired) electrons. The van der Waals surface area contributed by atoms with Gasteiger partial charge in [0.2, 0.25) is 0 Å². The van der Waals surface area contributed by atoms with Gasteiger partial charge in [0.1, 0.15) is 11.2 Å². The first-order valence-electron chi connectivity index (χ1n) is 25.7. The van der Waals surface area contributed by atoms with E-state index in [-0.39, 0.29) is 0 Å². The topological polar surface area (TPSA) is 13.1 Å². The maximum Gasteiger partial charge on any atom is 0.135 e. The quantitative estimate of drug-likeness (QED) is 0.192. The van der Waals surface area contributed by atoms with E-state index in [9.17, 15) is 9.60 Å². The molecule has 0 amide bonds. The van der Waals surface area contributed by atoms with Gasteiger partial charge in [-0.3, -0.25) is 0 Å². The molecule has 200 valence electrons. The van der Waals surface area contributed by atoms with Crippen LogP contribution in [0.1, 0.15) is 35.6 Å². The summed E-state index contributed by atoms with van der Waals surface area (Å²) in [5.74, 6) is 0. The molecule has 1 heteroatoms. The summed E-state index contributed by atoms with van der Waals surface area (Å²) in [6.45, 7) is 0. The molecule has 0 aliphatic rings. The van der Waals surface area contributed by atoms with E-state index in [0.717, 1.165) is 0 Å². The van der Waals surface area contributed by atoms with Crippen molar-refractivity contribution in [3.63, 3.8) is 0 Å². The van der Waals surface area contributed by atoms with Crippen molar-refractivity contribution in [1.29, 1.82) is 0 Å². The second-order valence-corrected chi connectivity index (χ2v) is 9.26. The van der Waals surface area contributed by atoms with Crippen molar-refractivity contribution in [2.24, 2.45) is 0 Å². The van der Waals surface area contributed by atoms with E-state index in [1.54, 1.807) is 0 Å². The van der Waals surface area contributed by atoms with Gasteiger partial charge in [0.05, 0.1) is 35.6 Å². The van der Waals surface area contributed by atoms with E-state index in [1.165, 1.54) is 0 Å². The summed E-state index contributed by atoms with van der Waals surface area (Å²) in [4.78, 5) is 0. The Morgan fingerprint density at radius 1 is 0.349 bits per heavy atom. The first kappa shape index (κ1) is 9.69. The number of hydrogen-bond donors (Lipinski definition) is 0. The van der Waals surface area contributed by atoms with Gasteiger partial charge in [-0.15, -0.1) is 0 Å². The third-order valence-electron chi connectivity index (χ3n) is 6.95. The van der Waals surface area contributed by atoms with E-state index in [2.05, 4.69) is 0 Å². The molecule has 43 heavy (non-hydrogen) atoms. The minimum Gasteiger partial charge on any atom is -0.456 e.